The molecule has 1 heterocycles. The molecule has 5 heteroatoms. The number of rotatable bonds is 2. The topological polar surface area (TPSA) is 82.7 Å². The van der Waals surface area contributed by atoms with Gasteiger partial charge >= 0.3 is 0 Å². The van der Waals surface area contributed by atoms with Crippen LogP contribution >= 0.6 is 0 Å². The highest BCUT2D eigenvalue weighted by molar-refractivity contribution is 5.97. The highest BCUT2D eigenvalue weighted by Crippen LogP contribution is 2.30. The van der Waals surface area contributed by atoms with Gasteiger partial charge in [-0.3, -0.25) is 10.0 Å². The quantitative estimate of drug-likeness (QED) is 0.493. The van der Waals surface area contributed by atoms with Crippen molar-refractivity contribution in [3.8, 4) is 17.1 Å². The van der Waals surface area contributed by atoms with Gasteiger partial charge in [0.15, 0.2) is 0 Å². The molecule has 3 rings (SSSR count). The molecular formula is C15H11NO4. The average molecular weight is 269 g/mol. The molecule has 0 aliphatic carbocycles. The standard InChI is InChI=1S/C15H11NO4/c17-12-3-1-2-9(6-12)13-7-10-4-5-11(15(18)16-19)8-14(10)20-13/h1-8,17,19H,(H,16,18). The molecule has 5 nitrogen and oxygen atoms in total. The predicted molar refractivity (Wildman–Crippen MR) is 72.6 cm³/mol. The fourth-order valence-electron chi connectivity index (χ4n) is 2.04. The zero-order valence-electron chi connectivity index (χ0n) is 10.3. The van der Waals surface area contributed by atoms with E-state index in [1.165, 1.54) is 0 Å². The molecule has 0 saturated carbocycles. The largest absolute Gasteiger partial charge is 0.508 e. The first kappa shape index (κ1) is 12.3. The Morgan fingerprint density at radius 3 is 2.70 bits per heavy atom. The molecule has 20 heavy (non-hydrogen) atoms. The van der Waals surface area contributed by atoms with E-state index in [9.17, 15) is 9.90 Å². The Labute approximate surface area is 114 Å². The minimum absolute atomic E-state index is 0.156. The van der Waals surface area contributed by atoms with Crippen molar-refractivity contribution in [2.75, 3.05) is 0 Å². The molecule has 0 aliphatic heterocycles. The maximum atomic E-state index is 11.3. The number of nitrogens with one attached hydrogen (secondary N) is 1. The third kappa shape index (κ3) is 2.10. The number of furan rings is 1. The number of carbonyl (C=O) groups excluding carboxylic acids is 1. The van der Waals surface area contributed by atoms with Crippen LogP contribution in [0.5, 0.6) is 5.75 Å². The predicted octanol–water partition coefficient (Wildman–Crippen LogP) is 2.92. The zero-order valence-corrected chi connectivity index (χ0v) is 10.3. The molecule has 0 bridgehead atoms. The molecule has 3 N–H and O–H groups in total. The van der Waals surface area contributed by atoms with Crippen LogP contribution in [0.1, 0.15) is 10.4 Å². The second kappa shape index (κ2) is 4.71. The molecule has 1 amide bonds. The van der Waals surface area contributed by atoms with E-state index in [4.69, 9.17) is 9.62 Å². The summed E-state index contributed by atoms with van der Waals surface area (Å²) < 4.78 is 5.67. The van der Waals surface area contributed by atoms with Crippen LogP contribution in [0.2, 0.25) is 0 Å². The number of phenols is 1. The van der Waals surface area contributed by atoms with Gasteiger partial charge in [-0.05, 0) is 30.3 Å². The van der Waals surface area contributed by atoms with Crippen molar-refractivity contribution in [3.05, 3.63) is 54.1 Å². The van der Waals surface area contributed by atoms with Gasteiger partial charge in [-0.25, -0.2) is 5.48 Å². The van der Waals surface area contributed by atoms with Crippen molar-refractivity contribution in [2.45, 2.75) is 0 Å². The normalized spacial score (nSPS) is 10.7. The molecule has 100 valence electrons. The fourth-order valence-corrected chi connectivity index (χ4v) is 2.04. The van der Waals surface area contributed by atoms with E-state index in [-0.39, 0.29) is 5.75 Å². The maximum absolute atomic E-state index is 11.3. The first-order chi connectivity index (χ1) is 9.67. The summed E-state index contributed by atoms with van der Waals surface area (Å²) >= 11 is 0. The number of carbonyl (C=O) groups is 1. The van der Waals surface area contributed by atoms with Crippen molar-refractivity contribution in [1.82, 2.24) is 5.48 Å². The van der Waals surface area contributed by atoms with Crippen molar-refractivity contribution in [1.29, 1.82) is 0 Å². The lowest BCUT2D eigenvalue weighted by Gasteiger charge is -1.98. The summed E-state index contributed by atoms with van der Waals surface area (Å²) in [5, 5.41) is 18.9. The highest BCUT2D eigenvalue weighted by atomic mass is 16.5. The third-order valence-corrected chi connectivity index (χ3v) is 3.01. The van der Waals surface area contributed by atoms with E-state index in [2.05, 4.69) is 0 Å². The molecule has 3 aromatic rings. The van der Waals surface area contributed by atoms with Crippen LogP contribution in [-0.4, -0.2) is 16.2 Å². The average Bonchev–Trinajstić information content (AvgIpc) is 2.89. The van der Waals surface area contributed by atoms with Crippen LogP contribution in [-0.2, 0) is 0 Å². The van der Waals surface area contributed by atoms with Gasteiger partial charge in [0.2, 0.25) is 0 Å². The van der Waals surface area contributed by atoms with E-state index in [0.29, 0.717) is 16.9 Å². The number of fused-ring (bicyclic) bond motifs is 1. The van der Waals surface area contributed by atoms with Gasteiger partial charge in [0, 0.05) is 16.5 Å². The van der Waals surface area contributed by atoms with Crippen LogP contribution in [0.25, 0.3) is 22.3 Å². The van der Waals surface area contributed by atoms with Crippen LogP contribution < -0.4 is 5.48 Å². The summed E-state index contributed by atoms with van der Waals surface area (Å²) in [4.78, 5) is 11.3. The number of hydrogen-bond acceptors (Lipinski definition) is 4. The van der Waals surface area contributed by atoms with Crippen molar-refractivity contribution < 1.29 is 19.5 Å². The molecular weight excluding hydrogens is 258 g/mol. The molecule has 0 fully saturated rings. The molecule has 0 aliphatic rings. The highest BCUT2D eigenvalue weighted by Gasteiger charge is 2.10. The minimum Gasteiger partial charge on any atom is -0.508 e. The number of aromatic hydroxyl groups is 1. The zero-order chi connectivity index (χ0) is 14.1. The SMILES string of the molecule is O=C(NO)c1ccc2cc(-c3cccc(O)c3)oc2c1. The summed E-state index contributed by atoms with van der Waals surface area (Å²) in [6.07, 6.45) is 0. The smallest absolute Gasteiger partial charge is 0.274 e. The van der Waals surface area contributed by atoms with Crippen molar-refractivity contribution in [2.24, 2.45) is 0 Å². The van der Waals surface area contributed by atoms with Gasteiger partial charge in [-0.15, -0.1) is 0 Å². The molecule has 2 aromatic carbocycles. The Hall–Kier alpha value is -2.79. The fraction of sp³-hybridized carbons (Fsp3) is 0. The van der Waals surface area contributed by atoms with E-state index in [0.717, 1.165) is 10.9 Å². The summed E-state index contributed by atoms with van der Waals surface area (Å²) in [7, 11) is 0. The molecule has 1 aromatic heterocycles. The van der Waals surface area contributed by atoms with E-state index < -0.39 is 5.91 Å². The monoisotopic (exact) mass is 269 g/mol. The summed E-state index contributed by atoms with van der Waals surface area (Å²) in [6.45, 7) is 0. The lowest BCUT2D eigenvalue weighted by molar-refractivity contribution is 0.0706. The van der Waals surface area contributed by atoms with Gasteiger partial charge in [0.25, 0.3) is 5.91 Å². The lowest BCUT2D eigenvalue weighted by Crippen LogP contribution is -2.18. The number of amides is 1. The van der Waals surface area contributed by atoms with Crippen LogP contribution in [0.3, 0.4) is 0 Å². The van der Waals surface area contributed by atoms with Gasteiger partial charge < -0.3 is 9.52 Å². The Kier molecular flexibility index (Phi) is 2.89. The van der Waals surface area contributed by atoms with Gasteiger partial charge in [-0.1, -0.05) is 18.2 Å². The van der Waals surface area contributed by atoms with Gasteiger partial charge in [0.1, 0.15) is 17.1 Å². The molecule has 0 spiro atoms. The summed E-state index contributed by atoms with van der Waals surface area (Å²) in [5.74, 6) is 0.156. The molecule has 0 saturated heterocycles. The van der Waals surface area contributed by atoms with Crippen LogP contribution in [0, 0.1) is 0 Å². The third-order valence-electron chi connectivity index (χ3n) is 3.01. The molecule has 0 radical (unpaired) electrons. The van der Waals surface area contributed by atoms with E-state index in [1.807, 2.05) is 12.1 Å². The maximum Gasteiger partial charge on any atom is 0.274 e. The van der Waals surface area contributed by atoms with Crippen LogP contribution in [0.4, 0.5) is 0 Å². The van der Waals surface area contributed by atoms with Gasteiger partial charge in [-0.2, -0.15) is 0 Å². The van der Waals surface area contributed by atoms with Gasteiger partial charge in [0.05, 0.1) is 0 Å². The van der Waals surface area contributed by atoms with Crippen LogP contribution in [0.15, 0.2) is 52.9 Å². The number of phenolic OH excluding ortho intramolecular Hbond substituents is 1. The first-order valence-corrected chi connectivity index (χ1v) is 5.95. The number of hydrogen-bond donors (Lipinski definition) is 3. The summed E-state index contributed by atoms with van der Waals surface area (Å²) in [6, 6.07) is 13.4. The second-order valence-electron chi connectivity index (χ2n) is 4.35. The lowest BCUT2D eigenvalue weighted by atomic mass is 10.1. The Morgan fingerprint density at radius 2 is 1.95 bits per heavy atom. The first-order valence-electron chi connectivity index (χ1n) is 5.95. The Bertz CT molecular complexity index is 791. The number of benzene rings is 2. The minimum atomic E-state index is -0.595. The van der Waals surface area contributed by atoms with E-state index in [1.54, 1.807) is 41.9 Å². The Balaban J connectivity index is 2.09. The molecule has 0 unspecified atom stereocenters. The van der Waals surface area contributed by atoms with E-state index >= 15 is 0 Å². The Morgan fingerprint density at radius 1 is 1.10 bits per heavy atom. The van der Waals surface area contributed by atoms with Crippen molar-refractivity contribution >= 4 is 16.9 Å². The van der Waals surface area contributed by atoms with Crippen molar-refractivity contribution in [3.63, 3.8) is 0 Å². The number of hydroxylamine groups is 1. The second-order valence-corrected chi connectivity index (χ2v) is 4.35. The molecule has 0 atom stereocenters. The summed E-state index contributed by atoms with van der Waals surface area (Å²) in [5.41, 5.74) is 3.16.